The molecule has 1 aliphatic heterocycles. The summed E-state index contributed by atoms with van der Waals surface area (Å²) in [4.78, 5) is 35.0. The number of allylic oxidation sites excluding steroid dienone is 1. The van der Waals surface area contributed by atoms with E-state index >= 15 is 4.79 Å². The number of fused-ring (bicyclic) bond motifs is 3. The number of nitro benzene ring substituents is 1. The molecule has 3 aliphatic rings. The van der Waals surface area contributed by atoms with E-state index in [1.807, 2.05) is 71.6 Å². The highest BCUT2D eigenvalue weighted by Gasteiger charge is 2.65. The second-order valence-electron chi connectivity index (χ2n) is 19.6. The number of carbonyl (C=O) groups is 1. The Morgan fingerprint density at radius 3 is 2.36 bits per heavy atom. The minimum atomic E-state index is -1.57. The Morgan fingerprint density at radius 1 is 0.905 bits per heavy atom. The van der Waals surface area contributed by atoms with Gasteiger partial charge in [-0.05, 0) is 157 Å². The highest BCUT2D eigenvalue weighted by atomic mass is 16.7. The summed E-state index contributed by atoms with van der Waals surface area (Å²) in [6.45, 7) is 8.55. The lowest BCUT2D eigenvalue weighted by molar-refractivity contribution is -0.384. The summed E-state index contributed by atoms with van der Waals surface area (Å²) in [7, 11) is 0. The monoisotopic (exact) mass is 994 g/mol. The molecule has 6 atom stereocenters. The molecule has 74 heavy (non-hydrogen) atoms. The minimum Gasteiger partial charge on any atom is -0.459 e. The topological polar surface area (TPSA) is 177 Å². The number of nitriles is 1. The number of benzene rings is 6. The van der Waals surface area contributed by atoms with Crippen LogP contribution in [0.4, 0.5) is 5.69 Å². The highest BCUT2D eigenvalue weighted by Crippen LogP contribution is 2.62. The molecule has 1 saturated carbocycles. The van der Waals surface area contributed by atoms with Gasteiger partial charge < -0.3 is 34.2 Å². The molecule has 9 rings (SSSR count). The van der Waals surface area contributed by atoms with Gasteiger partial charge in [0.1, 0.15) is 29.9 Å². The van der Waals surface area contributed by atoms with E-state index in [1.165, 1.54) is 12.1 Å². The van der Waals surface area contributed by atoms with Gasteiger partial charge in [0.2, 0.25) is 5.79 Å². The number of unbranched alkanes of at least 4 members (excludes halogenated alkanes) is 2. The molecule has 13 nitrogen and oxygen atoms in total. The molecule has 1 amide bonds. The molecule has 0 saturated heterocycles. The van der Waals surface area contributed by atoms with E-state index in [9.17, 15) is 25.6 Å². The number of nitrogens with zero attached hydrogens (tertiary/aromatic N) is 4. The van der Waals surface area contributed by atoms with Crippen LogP contribution in [0.15, 0.2) is 157 Å². The number of nitro groups is 1. The number of aryl methyl sites for hydroxylation is 2. The number of oxime groups is 1. The number of hydrogen-bond donors (Lipinski definition) is 2. The van der Waals surface area contributed by atoms with Crippen LogP contribution in [0.1, 0.15) is 94.6 Å². The van der Waals surface area contributed by atoms with Gasteiger partial charge in [-0.15, -0.1) is 6.58 Å². The number of aliphatic hydroxyl groups is 2. The quantitative estimate of drug-likeness (QED) is 0.0305. The van der Waals surface area contributed by atoms with Crippen LogP contribution in [-0.2, 0) is 22.7 Å². The molecule has 2 N–H and O–H groups in total. The molecule has 0 spiro atoms. The number of rotatable bonds is 21. The van der Waals surface area contributed by atoms with Gasteiger partial charge in [0.05, 0.1) is 34.8 Å². The molecule has 0 bridgehead atoms. The Morgan fingerprint density at radius 2 is 1.64 bits per heavy atom. The lowest BCUT2D eigenvalue weighted by atomic mass is 9.55. The van der Waals surface area contributed by atoms with Crippen molar-refractivity contribution in [2.45, 2.75) is 89.7 Å². The SMILES string of the molecule is C=CCO[C@@]12Oc3ccc(Oc4ccc(C)c(C)c4)cc3[C@H]3[C@H](CCCCO)[C@@H](CCCCO)C=C(C(=NOCc4ccc([N+](=O)[O-])cc4)C[C@@H]1N(Cc1cccc4ccccc14)C(=O)c1ccc(C#N)cc1)[C@H]32. The largest absolute Gasteiger partial charge is 0.459 e. The van der Waals surface area contributed by atoms with Gasteiger partial charge in [0, 0.05) is 55.4 Å². The fourth-order valence-corrected chi connectivity index (χ4v) is 11.3. The van der Waals surface area contributed by atoms with Crippen molar-refractivity contribution in [2.75, 3.05) is 19.8 Å². The number of ether oxygens (including phenoxy) is 3. The van der Waals surface area contributed by atoms with Crippen LogP contribution in [0.5, 0.6) is 17.2 Å². The van der Waals surface area contributed by atoms with Crippen molar-refractivity contribution >= 4 is 28.1 Å². The van der Waals surface area contributed by atoms with Crippen LogP contribution in [0, 0.1) is 53.0 Å². The van der Waals surface area contributed by atoms with Crippen molar-refractivity contribution in [3.8, 4) is 23.3 Å². The van der Waals surface area contributed by atoms with Crippen LogP contribution >= 0.6 is 0 Å². The van der Waals surface area contributed by atoms with Crippen LogP contribution in [0.25, 0.3) is 10.8 Å². The summed E-state index contributed by atoms with van der Waals surface area (Å²) in [5, 5.41) is 48.5. The summed E-state index contributed by atoms with van der Waals surface area (Å²) in [6.07, 6.45) is 8.35. The Kier molecular flexibility index (Phi) is 16.0. The van der Waals surface area contributed by atoms with Crippen molar-refractivity contribution in [2.24, 2.45) is 22.9 Å². The molecule has 6 aromatic rings. The van der Waals surface area contributed by atoms with Gasteiger partial charge in [0.25, 0.3) is 11.6 Å². The van der Waals surface area contributed by atoms with Crippen LogP contribution in [0.2, 0.25) is 0 Å². The lowest BCUT2D eigenvalue weighted by Crippen LogP contribution is -2.70. The number of amides is 1. The molecule has 13 heteroatoms. The van der Waals surface area contributed by atoms with Gasteiger partial charge in [-0.2, -0.15) is 5.26 Å². The molecule has 0 unspecified atom stereocenters. The Balaban J connectivity index is 1.28. The van der Waals surface area contributed by atoms with Crippen molar-refractivity contribution in [3.63, 3.8) is 0 Å². The average molecular weight is 995 g/mol. The van der Waals surface area contributed by atoms with E-state index in [2.05, 4.69) is 44.7 Å². The maximum atomic E-state index is 15.8. The highest BCUT2D eigenvalue weighted by molar-refractivity contribution is 6.03. The smallest absolute Gasteiger partial charge is 0.269 e. The standard InChI is InChI=1S/C61H62N4O9/c1-4-32-71-61-57(64(60(68)45-23-19-42(37-62)20-24-45)38-47-15-11-14-44-12-5-6-16-51(44)47)36-55(63-72-39-43-21-25-48(26-22-43)65(69)70)53-34-46(13-7-9-30-66)52(17-8-10-31-67)58(59(53)61)54-35-50(28-29-56(54)74-61)73-49-27-18-40(2)41(3)33-49/h4-6,11-12,14-16,18-29,33-35,46,52,57-59,66-67H,1,7-10,13,17,30-32,36,38-39H2,2-3H3/t46-,52+,57-,58+,59+,61+/m0/s1. The van der Waals surface area contributed by atoms with E-state index in [4.69, 9.17) is 24.2 Å². The maximum absolute atomic E-state index is 15.8. The van der Waals surface area contributed by atoms with Crippen molar-refractivity contribution in [1.29, 1.82) is 5.26 Å². The van der Waals surface area contributed by atoms with Gasteiger partial charge in [-0.1, -0.05) is 78.7 Å². The first-order valence-corrected chi connectivity index (χ1v) is 25.5. The molecule has 1 heterocycles. The third kappa shape index (κ3) is 10.7. The van der Waals surface area contributed by atoms with Crippen molar-refractivity contribution in [3.05, 3.63) is 201 Å². The maximum Gasteiger partial charge on any atom is 0.269 e. The van der Waals surface area contributed by atoms with E-state index in [-0.39, 0.29) is 68.7 Å². The third-order valence-corrected chi connectivity index (χ3v) is 15.0. The van der Waals surface area contributed by atoms with Crippen LogP contribution in [-0.4, -0.2) is 63.3 Å². The Bertz CT molecular complexity index is 3100. The normalized spacial score (nSPS) is 21.1. The predicted octanol–water partition coefficient (Wildman–Crippen LogP) is 12.2. The molecular formula is C61H62N4O9. The molecule has 0 radical (unpaired) electrons. The summed E-state index contributed by atoms with van der Waals surface area (Å²) in [6, 6.07) is 40.2. The van der Waals surface area contributed by atoms with Gasteiger partial charge >= 0.3 is 0 Å². The fourth-order valence-electron chi connectivity index (χ4n) is 11.3. The number of carbonyl (C=O) groups excluding carboxylic acids is 1. The van der Waals surface area contributed by atoms with Gasteiger partial charge in [-0.25, -0.2) is 0 Å². The van der Waals surface area contributed by atoms with Crippen LogP contribution in [0.3, 0.4) is 0 Å². The number of non-ortho nitro benzene ring substituents is 1. The molecule has 1 fully saturated rings. The zero-order chi connectivity index (χ0) is 51.8. The third-order valence-electron chi connectivity index (χ3n) is 15.0. The van der Waals surface area contributed by atoms with Crippen LogP contribution < -0.4 is 9.47 Å². The zero-order valence-corrected chi connectivity index (χ0v) is 41.9. The summed E-state index contributed by atoms with van der Waals surface area (Å²) in [5.74, 6) is -0.964. The van der Waals surface area contributed by atoms with E-state index in [1.54, 1.807) is 42.5 Å². The van der Waals surface area contributed by atoms with Crippen molar-refractivity contribution < 1.29 is 39.0 Å². The molecule has 6 aromatic carbocycles. The Labute approximate surface area is 432 Å². The second kappa shape index (κ2) is 23.1. The molecular weight excluding hydrogens is 933 g/mol. The lowest BCUT2D eigenvalue weighted by Gasteiger charge is -2.60. The predicted molar refractivity (Wildman–Crippen MR) is 284 cm³/mol. The first-order chi connectivity index (χ1) is 36.0. The van der Waals surface area contributed by atoms with E-state index in [0.29, 0.717) is 52.5 Å². The molecule has 380 valence electrons. The van der Waals surface area contributed by atoms with Crippen molar-refractivity contribution in [1.82, 2.24) is 4.90 Å². The Hall–Kier alpha value is -7.63. The first-order valence-electron chi connectivity index (χ1n) is 25.5. The van der Waals surface area contributed by atoms with Gasteiger partial charge in [-0.3, -0.25) is 14.9 Å². The van der Waals surface area contributed by atoms with Gasteiger partial charge in [0.15, 0.2) is 0 Å². The first kappa shape index (κ1) is 51.3. The molecule has 0 aromatic heterocycles. The summed E-state index contributed by atoms with van der Waals surface area (Å²) in [5.41, 5.74) is 6.93. The number of hydrogen-bond acceptors (Lipinski definition) is 11. The van der Waals surface area contributed by atoms with E-state index in [0.717, 1.165) is 64.3 Å². The summed E-state index contributed by atoms with van der Waals surface area (Å²) < 4.78 is 21.5. The minimum absolute atomic E-state index is 0.0117. The summed E-state index contributed by atoms with van der Waals surface area (Å²) >= 11 is 0. The zero-order valence-electron chi connectivity index (χ0n) is 41.9. The second-order valence-corrected chi connectivity index (χ2v) is 19.6. The number of aliphatic hydroxyl groups excluding tert-OH is 2. The fraction of sp³-hybridized carbons (Fsp3) is 0.328. The van der Waals surface area contributed by atoms with E-state index < -0.39 is 22.7 Å². The average Bonchev–Trinajstić information content (AvgIpc) is 3.43. The molecule has 2 aliphatic carbocycles.